The van der Waals surface area contributed by atoms with Gasteiger partial charge >= 0.3 is 5.97 Å². The predicted molar refractivity (Wildman–Crippen MR) is 103 cm³/mol. The second kappa shape index (κ2) is 10.4. The Morgan fingerprint density at radius 3 is 2.54 bits per heavy atom. The van der Waals surface area contributed by atoms with Crippen LogP contribution in [0.3, 0.4) is 0 Å². The smallest absolute Gasteiger partial charge is 0.305 e. The number of nitrogens with zero attached hydrogens (tertiary/aromatic N) is 1. The molecule has 1 saturated heterocycles. The number of rotatable bonds is 9. The minimum atomic E-state index is -3.61. The van der Waals surface area contributed by atoms with E-state index in [1.54, 1.807) is 17.0 Å². The minimum Gasteiger partial charge on any atom is -0.497 e. The van der Waals surface area contributed by atoms with Crippen LogP contribution in [0.15, 0.2) is 29.2 Å². The van der Waals surface area contributed by atoms with Gasteiger partial charge in [0.05, 0.1) is 19.1 Å². The van der Waals surface area contributed by atoms with Crippen molar-refractivity contribution in [2.75, 3.05) is 33.9 Å². The number of nitrogens with one attached hydrogen (secondary N) is 1. The third kappa shape index (κ3) is 6.49. The Bertz CT molecular complexity index is 763. The first-order valence-corrected chi connectivity index (χ1v) is 10.8. The van der Waals surface area contributed by atoms with Gasteiger partial charge in [0.2, 0.25) is 15.9 Å². The van der Waals surface area contributed by atoms with Crippen molar-refractivity contribution >= 4 is 21.9 Å². The van der Waals surface area contributed by atoms with Gasteiger partial charge in [-0.3, -0.25) is 9.59 Å². The van der Waals surface area contributed by atoms with Crippen LogP contribution in [0.25, 0.3) is 0 Å². The average Bonchev–Trinajstić information content (AvgIpc) is 2.72. The number of hydrogen-bond donors (Lipinski definition) is 1. The molecule has 1 fully saturated rings. The van der Waals surface area contributed by atoms with E-state index in [1.807, 2.05) is 0 Å². The van der Waals surface area contributed by atoms with Gasteiger partial charge in [0, 0.05) is 32.5 Å². The molecule has 0 aromatic heterocycles. The molecule has 28 heavy (non-hydrogen) atoms. The van der Waals surface area contributed by atoms with E-state index in [-0.39, 0.29) is 35.7 Å². The third-order valence-corrected chi connectivity index (χ3v) is 6.24. The lowest BCUT2D eigenvalue weighted by atomic mass is 9.98. The molecule has 156 valence electrons. The van der Waals surface area contributed by atoms with Crippen molar-refractivity contribution in [3.63, 3.8) is 0 Å². The van der Waals surface area contributed by atoms with Crippen LogP contribution in [0.1, 0.15) is 32.1 Å². The van der Waals surface area contributed by atoms with Crippen molar-refractivity contribution in [1.29, 1.82) is 0 Å². The fraction of sp³-hybridized carbons (Fsp3) is 0.579. The summed E-state index contributed by atoms with van der Waals surface area (Å²) in [5.41, 5.74) is 0. The summed E-state index contributed by atoms with van der Waals surface area (Å²) in [5, 5.41) is 0. The molecule has 1 heterocycles. The molecule has 2 rings (SSSR count). The van der Waals surface area contributed by atoms with Crippen LogP contribution in [0.2, 0.25) is 0 Å². The number of sulfonamides is 1. The zero-order valence-electron chi connectivity index (χ0n) is 16.3. The predicted octanol–water partition coefficient (Wildman–Crippen LogP) is 1.56. The van der Waals surface area contributed by atoms with E-state index < -0.39 is 10.0 Å². The molecule has 0 radical (unpaired) electrons. The lowest BCUT2D eigenvalue weighted by Gasteiger charge is -2.33. The fourth-order valence-electron chi connectivity index (χ4n) is 3.17. The average molecular weight is 413 g/mol. The topological polar surface area (TPSA) is 102 Å². The third-order valence-electron chi connectivity index (χ3n) is 4.80. The first kappa shape index (κ1) is 22.2. The fourth-order valence-corrected chi connectivity index (χ4v) is 4.28. The number of methoxy groups -OCH3 is 2. The molecule has 0 bridgehead atoms. The number of esters is 1. The maximum absolute atomic E-state index is 12.4. The molecule has 9 heteroatoms. The van der Waals surface area contributed by atoms with Crippen molar-refractivity contribution < 1.29 is 27.5 Å². The second-order valence-electron chi connectivity index (χ2n) is 6.81. The highest BCUT2D eigenvalue weighted by molar-refractivity contribution is 7.89. The Morgan fingerprint density at radius 2 is 1.89 bits per heavy atom. The number of carbonyl (C=O) groups is 2. The van der Waals surface area contributed by atoms with Gasteiger partial charge in [0.25, 0.3) is 0 Å². The molecule has 1 aliphatic heterocycles. The molecule has 1 aromatic carbocycles. The molecule has 1 atom stereocenters. The van der Waals surface area contributed by atoms with Crippen LogP contribution in [-0.4, -0.2) is 59.0 Å². The molecule has 1 aromatic rings. The van der Waals surface area contributed by atoms with Crippen LogP contribution in [0, 0.1) is 5.92 Å². The van der Waals surface area contributed by atoms with Crippen LogP contribution < -0.4 is 9.46 Å². The molecule has 0 saturated carbocycles. The van der Waals surface area contributed by atoms with Gasteiger partial charge in [-0.05, 0) is 49.4 Å². The van der Waals surface area contributed by atoms with Crippen LogP contribution in [0.5, 0.6) is 5.75 Å². The quantitative estimate of drug-likeness (QED) is 0.618. The van der Waals surface area contributed by atoms with Crippen molar-refractivity contribution in [3.05, 3.63) is 24.3 Å². The molecule has 1 N–H and O–H groups in total. The number of benzene rings is 1. The van der Waals surface area contributed by atoms with E-state index in [4.69, 9.17) is 4.74 Å². The first-order chi connectivity index (χ1) is 13.4. The van der Waals surface area contributed by atoms with Crippen LogP contribution >= 0.6 is 0 Å². The molecule has 8 nitrogen and oxygen atoms in total. The Labute approximate surface area is 166 Å². The number of piperidine rings is 1. The highest BCUT2D eigenvalue weighted by Crippen LogP contribution is 2.19. The maximum atomic E-state index is 12.4. The molecule has 0 aliphatic carbocycles. The van der Waals surface area contributed by atoms with Crippen LogP contribution in [0.4, 0.5) is 0 Å². The lowest BCUT2D eigenvalue weighted by molar-refractivity contribution is -0.141. The Morgan fingerprint density at radius 1 is 1.18 bits per heavy atom. The summed E-state index contributed by atoms with van der Waals surface area (Å²) in [5.74, 6) is 0.322. The van der Waals surface area contributed by atoms with Crippen LogP contribution in [-0.2, 0) is 24.3 Å². The summed E-state index contributed by atoms with van der Waals surface area (Å²) in [4.78, 5) is 25.4. The van der Waals surface area contributed by atoms with Gasteiger partial charge in [-0.25, -0.2) is 13.1 Å². The van der Waals surface area contributed by atoms with Gasteiger partial charge in [-0.15, -0.1) is 0 Å². The summed E-state index contributed by atoms with van der Waals surface area (Å²) < 4.78 is 37.1. The van der Waals surface area contributed by atoms with Crippen molar-refractivity contribution in [2.24, 2.45) is 5.92 Å². The highest BCUT2D eigenvalue weighted by atomic mass is 32.2. The zero-order valence-corrected chi connectivity index (χ0v) is 17.2. The summed E-state index contributed by atoms with van der Waals surface area (Å²) in [7, 11) is -0.762. The maximum Gasteiger partial charge on any atom is 0.305 e. The molecule has 0 unspecified atom stereocenters. The van der Waals surface area contributed by atoms with Crippen molar-refractivity contribution in [3.8, 4) is 5.75 Å². The van der Waals surface area contributed by atoms with Gasteiger partial charge in [0.1, 0.15) is 5.75 Å². The molecule has 1 amide bonds. The zero-order chi connectivity index (χ0) is 20.6. The Balaban J connectivity index is 1.83. The van der Waals surface area contributed by atoms with E-state index in [0.717, 1.165) is 12.8 Å². The largest absolute Gasteiger partial charge is 0.497 e. The normalized spacial score (nSPS) is 17.2. The Kier molecular flexibility index (Phi) is 8.25. The number of ether oxygens (including phenoxy) is 2. The van der Waals surface area contributed by atoms with E-state index in [0.29, 0.717) is 31.7 Å². The lowest BCUT2D eigenvalue weighted by Crippen LogP contribution is -2.43. The summed E-state index contributed by atoms with van der Waals surface area (Å²) in [6, 6.07) is 6.20. The monoisotopic (exact) mass is 412 g/mol. The van der Waals surface area contributed by atoms with Gasteiger partial charge in [-0.2, -0.15) is 0 Å². The number of likely N-dealkylation sites (tertiary alicyclic amines) is 1. The Hall–Kier alpha value is -2.13. The van der Waals surface area contributed by atoms with E-state index in [2.05, 4.69) is 9.46 Å². The summed E-state index contributed by atoms with van der Waals surface area (Å²) in [6.07, 6.45) is 2.66. The van der Waals surface area contributed by atoms with Gasteiger partial charge < -0.3 is 14.4 Å². The SMILES string of the molecule is COC(=O)CCCC(=O)N1CCC[C@@H](CNS(=O)(=O)c2ccc(OC)cc2)C1. The first-order valence-electron chi connectivity index (χ1n) is 9.34. The summed E-state index contributed by atoms with van der Waals surface area (Å²) >= 11 is 0. The molecule has 1 aliphatic rings. The number of amides is 1. The minimum absolute atomic E-state index is 0.00776. The highest BCUT2D eigenvalue weighted by Gasteiger charge is 2.25. The molecular weight excluding hydrogens is 384 g/mol. The number of hydrogen-bond acceptors (Lipinski definition) is 6. The van der Waals surface area contributed by atoms with E-state index >= 15 is 0 Å². The van der Waals surface area contributed by atoms with E-state index in [9.17, 15) is 18.0 Å². The number of carbonyl (C=O) groups excluding carboxylic acids is 2. The molecular formula is C19H28N2O6S. The van der Waals surface area contributed by atoms with E-state index in [1.165, 1.54) is 26.4 Å². The van der Waals surface area contributed by atoms with Crippen molar-refractivity contribution in [2.45, 2.75) is 37.0 Å². The van der Waals surface area contributed by atoms with Gasteiger partial charge in [0.15, 0.2) is 0 Å². The molecule has 0 spiro atoms. The summed E-state index contributed by atoms with van der Waals surface area (Å²) in [6.45, 7) is 1.46. The standard InChI is InChI=1S/C19H28N2O6S/c1-26-16-8-10-17(11-9-16)28(24,25)20-13-15-5-4-12-21(14-15)18(22)6-3-7-19(23)27-2/h8-11,15,20H,3-7,12-14H2,1-2H3/t15-/m0/s1. The van der Waals surface area contributed by atoms with Gasteiger partial charge in [-0.1, -0.05) is 0 Å². The van der Waals surface area contributed by atoms with Crippen molar-refractivity contribution in [1.82, 2.24) is 9.62 Å². The second-order valence-corrected chi connectivity index (χ2v) is 8.57.